The molecule has 34 heavy (non-hydrogen) atoms. The highest BCUT2D eigenvalue weighted by Crippen LogP contribution is 2.23. The summed E-state index contributed by atoms with van der Waals surface area (Å²) in [7, 11) is 0. The minimum Gasteiger partial charge on any atom is -0.345 e. The van der Waals surface area contributed by atoms with E-state index in [4.69, 9.17) is 0 Å². The first kappa shape index (κ1) is 21.5. The monoisotopic (exact) mass is 452 g/mol. The van der Waals surface area contributed by atoms with Crippen LogP contribution in [0.4, 0.5) is 5.95 Å². The van der Waals surface area contributed by atoms with Gasteiger partial charge in [0.25, 0.3) is 5.91 Å². The number of rotatable bonds is 5. The van der Waals surface area contributed by atoms with Crippen LogP contribution in [0, 0.1) is 0 Å². The Morgan fingerprint density at radius 3 is 2.50 bits per heavy atom. The van der Waals surface area contributed by atoms with Gasteiger partial charge in [-0.05, 0) is 23.6 Å². The van der Waals surface area contributed by atoms with Gasteiger partial charge in [-0.1, -0.05) is 51.1 Å². The summed E-state index contributed by atoms with van der Waals surface area (Å²) in [4.78, 5) is 45.2. The number of carbonyl (C=O) groups is 2. The molecule has 170 valence electrons. The van der Waals surface area contributed by atoms with Gasteiger partial charge < -0.3 is 9.97 Å². The van der Waals surface area contributed by atoms with Gasteiger partial charge in [0.2, 0.25) is 5.95 Å². The second-order valence-electron chi connectivity index (χ2n) is 9.25. The quantitative estimate of drug-likeness (QED) is 0.331. The van der Waals surface area contributed by atoms with Gasteiger partial charge in [-0.2, -0.15) is 0 Å². The van der Waals surface area contributed by atoms with Crippen LogP contribution in [0.3, 0.4) is 0 Å². The van der Waals surface area contributed by atoms with Gasteiger partial charge >= 0.3 is 0 Å². The van der Waals surface area contributed by atoms with Crippen molar-refractivity contribution in [3.05, 3.63) is 83.7 Å². The fourth-order valence-corrected chi connectivity index (χ4v) is 3.78. The van der Waals surface area contributed by atoms with Gasteiger partial charge in [-0.15, -0.1) is 0 Å². The number of nitrogens with one attached hydrogen (secondary N) is 3. The Morgan fingerprint density at radius 2 is 1.74 bits per heavy atom. The number of ketones is 1. The Labute approximate surface area is 195 Å². The van der Waals surface area contributed by atoms with Crippen LogP contribution in [0.5, 0.6) is 0 Å². The molecule has 0 radical (unpaired) electrons. The standard InChI is InChI=1S/C26H24N6O2/c1-26(2,3)21-14-28-22(30-21)12-20(33)17-9-6-10-18-23(17)31-25(29-18)32-24(34)19-11-15-7-4-5-8-16(15)13-27-19/h4-11,13-14H,12H2,1-3H3,(H,28,30)(H2,29,31,32,34). The Kier molecular flexibility index (Phi) is 5.20. The molecule has 3 N–H and O–H groups in total. The van der Waals surface area contributed by atoms with Crippen molar-refractivity contribution in [3.8, 4) is 0 Å². The number of pyridine rings is 1. The number of hydrogen-bond donors (Lipinski definition) is 3. The number of H-pyrrole nitrogens is 2. The van der Waals surface area contributed by atoms with E-state index in [9.17, 15) is 9.59 Å². The number of imidazole rings is 2. The van der Waals surface area contributed by atoms with E-state index in [1.807, 2.05) is 30.3 Å². The lowest BCUT2D eigenvalue weighted by molar-refractivity contribution is 0.0990. The molecule has 0 fully saturated rings. The first-order chi connectivity index (χ1) is 16.3. The average Bonchev–Trinajstić information content (AvgIpc) is 3.45. The Balaban J connectivity index is 1.38. The highest BCUT2D eigenvalue weighted by Gasteiger charge is 2.20. The summed E-state index contributed by atoms with van der Waals surface area (Å²) in [5.74, 6) is 0.366. The topological polar surface area (TPSA) is 116 Å². The van der Waals surface area contributed by atoms with E-state index >= 15 is 0 Å². The zero-order valence-electron chi connectivity index (χ0n) is 19.1. The molecule has 0 bridgehead atoms. The van der Waals surface area contributed by atoms with Crippen molar-refractivity contribution in [2.24, 2.45) is 0 Å². The van der Waals surface area contributed by atoms with Crippen molar-refractivity contribution in [3.63, 3.8) is 0 Å². The van der Waals surface area contributed by atoms with Gasteiger partial charge in [-0.3, -0.25) is 19.9 Å². The van der Waals surface area contributed by atoms with E-state index < -0.39 is 0 Å². The van der Waals surface area contributed by atoms with E-state index in [1.165, 1.54) is 0 Å². The maximum absolute atomic E-state index is 13.1. The lowest BCUT2D eigenvalue weighted by Gasteiger charge is -2.15. The molecule has 0 aliphatic rings. The average molecular weight is 453 g/mol. The predicted molar refractivity (Wildman–Crippen MR) is 131 cm³/mol. The van der Waals surface area contributed by atoms with Crippen molar-refractivity contribution >= 4 is 39.4 Å². The molecule has 0 aliphatic heterocycles. The molecule has 0 saturated carbocycles. The summed E-state index contributed by atoms with van der Waals surface area (Å²) in [6, 6.07) is 14.8. The number of aromatic nitrogens is 5. The summed E-state index contributed by atoms with van der Waals surface area (Å²) < 4.78 is 0. The Bertz CT molecular complexity index is 1540. The predicted octanol–water partition coefficient (Wildman–Crippen LogP) is 4.81. The molecule has 8 nitrogen and oxygen atoms in total. The van der Waals surface area contributed by atoms with E-state index in [0.717, 1.165) is 16.5 Å². The molecule has 3 heterocycles. The first-order valence-corrected chi connectivity index (χ1v) is 11.0. The number of fused-ring (bicyclic) bond motifs is 2. The van der Waals surface area contributed by atoms with E-state index in [2.05, 4.69) is 51.0 Å². The molecule has 5 aromatic rings. The maximum atomic E-state index is 13.1. The van der Waals surface area contributed by atoms with Gasteiger partial charge in [-0.25, -0.2) is 9.97 Å². The summed E-state index contributed by atoms with van der Waals surface area (Å²) >= 11 is 0. The van der Waals surface area contributed by atoms with Crippen LogP contribution in [-0.4, -0.2) is 36.6 Å². The molecule has 0 unspecified atom stereocenters. The molecule has 2 aromatic carbocycles. The van der Waals surface area contributed by atoms with Crippen molar-refractivity contribution in [1.29, 1.82) is 0 Å². The molecule has 0 saturated heterocycles. The minimum atomic E-state index is -0.386. The Morgan fingerprint density at radius 1 is 0.941 bits per heavy atom. The number of hydrogen-bond acceptors (Lipinski definition) is 5. The highest BCUT2D eigenvalue weighted by molar-refractivity contribution is 6.08. The Hall–Kier alpha value is -4.33. The van der Waals surface area contributed by atoms with Gasteiger partial charge in [0, 0.05) is 34.5 Å². The zero-order valence-corrected chi connectivity index (χ0v) is 19.1. The maximum Gasteiger partial charge on any atom is 0.276 e. The second-order valence-corrected chi connectivity index (χ2v) is 9.25. The van der Waals surface area contributed by atoms with Crippen LogP contribution in [0.25, 0.3) is 21.8 Å². The van der Waals surface area contributed by atoms with Crippen molar-refractivity contribution < 1.29 is 9.59 Å². The third-order valence-corrected chi connectivity index (χ3v) is 5.67. The molecule has 8 heteroatoms. The molecule has 5 rings (SSSR count). The van der Waals surface area contributed by atoms with Gasteiger partial charge in [0.1, 0.15) is 17.0 Å². The highest BCUT2D eigenvalue weighted by atomic mass is 16.2. The molecule has 3 aromatic heterocycles. The van der Waals surface area contributed by atoms with Gasteiger partial charge in [0.15, 0.2) is 5.78 Å². The number of para-hydroxylation sites is 1. The zero-order chi connectivity index (χ0) is 23.9. The van der Waals surface area contributed by atoms with Crippen LogP contribution in [0.2, 0.25) is 0 Å². The number of nitrogens with zero attached hydrogens (tertiary/aromatic N) is 3. The second kappa shape index (κ2) is 8.22. The summed E-state index contributed by atoms with van der Waals surface area (Å²) in [5, 5.41) is 4.63. The van der Waals surface area contributed by atoms with Crippen LogP contribution < -0.4 is 5.32 Å². The molecule has 0 spiro atoms. The lowest BCUT2D eigenvalue weighted by Crippen LogP contribution is -2.14. The molecular weight excluding hydrogens is 428 g/mol. The fourth-order valence-electron chi connectivity index (χ4n) is 3.78. The molecule has 1 amide bonds. The molecule has 0 atom stereocenters. The third kappa shape index (κ3) is 4.17. The number of amides is 1. The summed E-state index contributed by atoms with van der Waals surface area (Å²) in [5.41, 5.74) is 2.79. The van der Waals surface area contributed by atoms with Crippen molar-refractivity contribution in [1.82, 2.24) is 24.9 Å². The largest absolute Gasteiger partial charge is 0.345 e. The molecular formula is C26H24N6O2. The van der Waals surface area contributed by atoms with Gasteiger partial charge in [0.05, 0.1) is 11.9 Å². The van der Waals surface area contributed by atoms with E-state index in [-0.39, 0.29) is 35.2 Å². The minimum absolute atomic E-state index is 0.0798. The lowest BCUT2D eigenvalue weighted by atomic mass is 9.93. The van der Waals surface area contributed by atoms with E-state index in [0.29, 0.717) is 22.4 Å². The number of carbonyl (C=O) groups excluding carboxylic acids is 2. The SMILES string of the molecule is CC(C)(C)c1cnc(CC(=O)c2cccc3[nH]c(NC(=O)c4cc5ccccc5cn4)nc23)[nH]1. The van der Waals surface area contributed by atoms with E-state index in [1.54, 1.807) is 30.6 Å². The smallest absolute Gasteiger partial charge is 0.276 e. The number of benzene rings is 2. The third-order valence-electron chi connectivity index (χ3n) is 5.67. The first-order valence-electron chi connectivity index (χ1n) is 11.0. The molecule has 0 aliphatic carbocycles. The normalized spacial score (nSPS) is 11.7. The van der Waals surface area contributed by atoms with Crippen LogP contribution in [0.15, 0.2) is 60.9 Å². The number of anilines is 1. The van der Waals surface area contributed by atoms with Crippen LogP contribution in [0.1, 0.15) is 53.1 Å². The van der Waals surface area contributed by atoms with Crippen molar-refractivity contribution in [2.45, 2.75) is 32.6 Å². The van der Waals surface area contributed by atoms with Crippen LogP contribution >= 0.6 is 0 Å². The van der Waals surface area contributed by atoms with Crippen molar-refractivity contribution in [2.75, 3.05) is 5.32 Å². The fraction of sp³-hybridized carbons (Fsp3) is 0.192. The van der Waals surface area contributed by atoms with Crippen LogP contribution in [-0.2, 0) is 11.8 Å². The number of aromatic amines is 2. The summed E-state index contributed by atoms with van der Waals surface area (Å²) in [6.07, 6.45) is 3.57. The number of Topliss-reactive ketones (excluding diaryl/α,β-unsaturated/α-hetero) is 1. The summed E-state index contributed by atoms with van der Waals surface area (Å²) in [6.45, 7) is 6.25.